The third kappa shape index (κ3) is 2.79. The second kappa shape index (κ2) is 5.82. The highest BCUT2D eigenvalue weighted by molar-refractivity contribution is 9.10. The average molecular weight is 307 g/mol. The lowest BCUT2D eigenvalue weighted by molar-refractivity contribution is 0.887. The topological polar surface area (TPSA) is 41.1 Å². The fourth-order valence-electron chi connectivity index (χ4n) is 1.73. The molecule has 1 heterocycles. The molecule has 94 valence electrons. The maximum absolute atomic E-state index is 4.31. The zero-order valence-corrected chi connectivity index (χ0v) is 12.0. The van der Waals surface area contributed by atoms with Crippen LogP contribution in [0.1, 0.15) is 5.56 Å². The van der Waals surface area contributed by atoms with E-state index in [2.05, 4.69) is 48.2 Å². The lowest BCUT2D eigenvalue weighted by atomic mass is 10.2. The van der Waals surface area contributed by atoms with E-state index in [-0.39, 0.29) is 0 Å². The van der Waals surface area contributed by atoms with Crippen molar-refractivity contribution in [3.63, 3.8) is 0 Å². The van der Waals surface area contributed by atoms with Crippen LogP contribution in [0.2, 0.25) is 0 Å². The van der Waals surface area contributed by atoms with E-state index in [0.29, 0.717) is 0 Å². The lowest BCUT2D eigenvalue weighted by Gasteiger charge is -2.20. The third-order valence-electron chi connectivity index (χ3n) is 2.63. The maximum Gasteiger partial charge on any atom is 0.148 e. The van der Waals surface area contributed by atoms with Crippen LogP contribution in [-0.2, 0) is 6.54 Å². The zero-order valence-electron chi connectivity index (χ0n) is 10.4. The molecule has 1 N–H and O–H groups in total. The molecule has 0 bridgehead atoms. The molecule has 0 unspecified atom stereocenters. The third-order valence-corrected chi connectivity index (χ3v) is 3.36. The quantitative estimate of drug-likeness (QED) is 0.943. The summed E-state index contributed by atoms with van der Waals surface area (Å²) in [7, 11) is 3.85. The van der Waals surface area contributed by atoms with Gasteiger partial charge in [0.05, 0.1) is 0 Å². The van der Waals surface area contributed by atoms with Gasteiger partial charge in [-0.15, -0.1) is 0 Å². The number of halogens is 1. The number of rotatable bonds is 4. The van der Waals surface area contributed by atoms with Gasteiger partial charge in [-0.05, 0) is 21.5 Å². The molecule has 0 radical (unpaired) electrons. The summed E-state index contributed by atoms with van der Waals surface area (Å²) in [5.74, 6) is 1.66. The van der Waals surface area contributed by atoms with Gasteiger partial charge in [0, 0.05) is 20.6 Å². The van der Waals surface area contributed by atoms with Gasteiger partial charge in [0.15, 0.2) is 0 Å². The van der Waals surface area contributed by atoms with Crippen LogP contribution in [-0.4, -0.2) is 24.1 Å². The van der Waals surface area contributed by atoms with Crippen LogP contribution in [0, 0.1) is 0 Å². The first-order valence-corrected chi connectivity index (χ1v) is 6.45. The molecule has 0 aliphatic carbocycles. The van der Waals surface area contributed by atoms with E-state index in [0.717, 1.165) is 22.7 Å². The van der Waals surface area contributed by atoms with Gasteiger partial charge >= 0.3 is 0 Å². The first-order valence-electron chi connectivity index (χ1n) is 5.65. The summed E-state index contributed by atoms with van der Waals surface area (Å²) in [4.78, 5) is 10.5. The fourth-order valence-corrected chi connectivity index (χ4v) is 2.44. The predicted octanol–water partition coefficient (Wildman–Crippen LogP) is 2.92. The van der Waals surface area contributed by atoms with Crippen molar-refractivity contribution in [2.24, 2.45) is 0 Å². The first kappa shape index (κ1) is 12.8. The van der Waals surface area contributed by atoms with Gasteiger partial charge in [-0.2, -0.15) is 0 Å². The van der Waals surface area contributed by atoms with Crippen molar-refractivity contribution < 1.29 is 0 Å². The van der Waals surface area contributed by atoms with Crippen molar-refractivity contribution in [1.82, 2.24) is 9.97 Å². The molecule has 0 atom stereocenters. The Morgan fingerprint density at radius 1 is 1.22 bits per heavy atom. The van der Waals surface area contributed by atoms with E-state index >= 15 is 0 Å². The molecule has 0 spiro atoms. The number of nitrogens with one attached hydrogen (secondary N) is 1. The van der Waals surface area contributed by atoms with E-state index in [1.165, 1.54) is 5.56 Å². The van der Waals surface area contributed by atoms with Crippen molar-refractivity contribution in [3.05, 3.63) is 46.7 Å². The van der Waals surface area contributed by atoms with Gasteiger partial charge in [-0.1, -0.05) is 30.3 Å². The number of aromatic nitrogens is 2. The molecule has 0 saturated heterocycles. The molecule has 5 heteroatoms. The number of anilines is 2. The van der Waals surface area contributed by atoms with Crippen molar-refractivity contribution >= 4 is 27.6 Å². The lowest BCUT2D eigenvalue weighted by Crippen LogP contribution is -2.18. The summed E-state index contributed by atoms with van der Waals surface area (Å²) in [6, 6.07) is 10.3. The van der Waals surface area contributed by atoms with Crippen LogP contribution in [0.4, 0.5) is 11.6 Å². The van der Waals surface area contributed by atoms with Gasteiger partial charge in [0.1, 0.15) is 22.4 Å². The van der Waals surface area contributed by atoms with E-state index in [9.17, 15) is 0 Å². The molecule has 1 aromatic carbocycles. The van der Waals surface area contributed by atoms with Crippen LogP contribution in [0.25, 0.3) is 0 Å². The molecule has 0 fully saturated rings. The molecule has 18 heavy (non-hydrogen) atoms. The van der Waals surface area contributed by atoms with Crippen molar-refractivity contribution in [2.75, 3.05) is 24.3 Å². The van der Waals surface area contributed by atoms with Gasteiger partial charge in [-0.25, -0.2) is 9.97 Å². The highest BCUT2D eigenvalue weighted by atomic mass is 79.9. The predicted molar refractivity (Wildman–Crippen MR) is 77.8 cm³/mol. The molecule has 2 aromatic rings. The van der Waals surface area contributed by atoms with Crippen LogP contribution < -0.4 is 10.2 Å². The monoisotopic (exact) mass is 306 g/mol. The van der Waals surface area contributed by atoms with Gasteiger partial charge in [0.25, 0.3) is 0 Å². The van der Waals surface area contributed by atoms with Crippen molar-refractivity contribution in [2.45, 2.75) is 6.54 Å². The number of hydrogen-bond acceptors (Lipinski definition) is 4. The van der Waals surface area contributed by atoms with E-state index in [4.69, 9.17) is 0 Å². The van der Waals surface area contributed by atoms with Crippen LogP contribution in [0.15, 0.2) is 41.1 Å². The summed E-state index contributed by atoms with van der Waals surface area (Å²) in [6.07, 6.45) is 1.56. The maximum atomic E-state index is 4.31. The molecule has 4 nitrogen and oxygen atoms in total. The van der Waals surface area contributed by atoms with Gasteiger partial charge in [-0.3, -0.25) is 0 Å². The van der Waals surface area contributed by atoms with Crippen LogP contribution in [0.5, 0.6) is 0 Å². The molecule has 2 rings (SSSR count). The molecule has 0 aliphatic rings. The highest BCUT2D eigenvalue weighted by Crippen LogP contribution is 2.29. The number of hydrogen-bond donors (Lipinski definition) is 1. The average Bonchev–Trinajstić information content (AvgIpc) is 2.40. The Kier molecular flexibility index (Phi) is 4.15. The SMILES string of the molecule is CNc1ncnc(N(C)Cc2ccccc2)c1Br. The molecular weight excluding hydrogens is 292 g/mol. The highest BCUT2D eigenvalue weighted by Gasteiger charge is 2.11. The Bertz CT molecular complexity index is 516. The smallest absolute Gasteiger partial charge is 0.148 e. The summed E-state index contributed by atoms with van der Waals surface area (Å²) >= 11 is 3.53. The van der Waals surface area contributed by atoms with E-state index in [1.807, 2.05) is 32.3 Å². The largest absolute Gasteiger partial charge is 0.372 e. The number of nitrogens with zero attached hydrogens (tertiary/aromatic N) is 3. The van der Waals surface area contributed by atoms with Crippen LogP contribution >= 0.6 is 15.9 Å². The minimum absolute atomic E-state index is 0.792. The normalized spacial score (nSPS) is 10.2. The Morgan fingerprint density at radius 3 is 2.61 bits per heavy atom. The molecule has 1 aromatic heterocycles. The second-order valence-corrected chi connectivity index (χ2v) is 4.74. The van der Waals surface area contributed by atoms with Gasteiger partial charge < -0.3 is 10.2 Å². The summed E-state index contributed by atoms with van der Waals surface area (Å²) in [6.45, 7) is 0.805. The molecule has 0 amide bonds. The fraction of sp³-hybridized carbons (Fsp3) is 0.231. The summed E-state index contributed by atoms with van der Waals surface area (Å²) < 4.78 is 0.880. The van der Waals surface area contributed by atoms with Crippen LogP contribution in [0.3, 0.4) is 0 Å². The molecule has 0 saturated carbocycles. The van der Waals surface area contributed by atoms with Crippen molar-refractivity contribution in [3.8, 4) is 0 Å². The standard InChI is InChI=1S/C13H15BrN4/c1-15-12-11(14)13(17-9-16-12)18(2)8-10-6-4-3-5-7-10/h3-7,9H,8H2,1-2H3,(H,15,16,17). The zero-order chi connectivity index (χ0) is 13.0. The van der Waals surface area contributed by atoms with Crippen molar-refractivity contribution in [1.29, 1.82) is 0 Å². The number of benzene rings is 1. The van der Waals surface area contributed by atoms with E-state index < -0.39 is 0 Å². The molecule has 0 aliphatic heterocycles. The van der Waals surface area contributed by atoms with E-state index in [1.54, 1.807) is 6.33 Å². The van der Waals surface area contributed by atoms with Gasteiger partial charge in [0.2, 0.25) is 0 Å². The molecular formula is C13H15BrN4. The first-order chi connectivity index (χ1) is 8.72. The minimum Gasteiger partial charge on any atom is -0.372 e. The Hall–Kier alpha value is -1.62. The Balaban J connectivity index is 2.21. The second-order valence-electron chi connectivity index (χ2n) is 3.95. The summed E-state index contributed by atoms with van der Waals surface area (Å²) in [5, 5.41) is 3.03. The minimum atomic E-state index is 0.792. The Labute approximate surface area is 115 Å². The Morgan fingerprint density at radius 2 is 1.94 bits per heavy atom. The summed E-state index contributed by atoms with van der Waals surface area (Å²) in [5.41, 5.74) is 1.25.